The second-order valence-electron chi connectivity index (χ2n) is 7.45. The molecule has 1 N–H and O–H groups in total. The normalized spacial score (nSPS) is 12.3. The molecule has 0 heterocycles. The highest BCUT2D eigenvalue weighted by Crippen LogP contribution is 2.30. The van der Waals surface area contributed by atoms with Gasteiger partial charge in [0, 0.05) is 16.6 Å². The van der Waals surface area contributed by atoms with Crippen LogP contribution in [-0.2, 0) is 10.2 Å². The first-order valence-corrected chi connectivity index (χ1v) is 10.1. The summed E-state index contributed by atoms with van der Waals surface area (Å²) >= 11 is 0. The molecule has 0 aliphatic carbocycles. The number of ether oxygens (including phenoxy) is 1. The predicted molar refractivity (Wildman–Crippen MR) is 126 cm³/mol. The van der Waals surface area contributed by atoms with Crippen molar-refractivity contribution in [1.82, 2.24) is 0 Å². The van der Waals surface area contributed by atoms with Gasteiger partial charge in [0.2, 0.25) is 5.91 Å². The Kier molecular flexibility index (Phi) is 5.73. The van der Waals surface area contributed by atoms with Crippen molar-refractivity contribution in [2.24, 2.45) is 0 Å². The summed E-state index contributed by atoms with van der Waals surface area (Å²) < 4.78 is 5.39. The fourth-order valence-corrected chi connectivity index (χ4v) is 3.49. The van der Waals surface area contributed by atoms with Gasteiger partial charge in [-0.25, -0.2) is 0 Å². The SMILES string of the molecule is COc1cccc([C@@](C)(C#Cc2ccccc2)C(=O)Nc2cccc3ccccc23)c1. The van der Waals surface area contributed by atoms with E-state index in [0.717, 1.165) is 27.6 Å². The summed E-state index contributed by atoms with van der Waals surface area (Å²) in [5.74, 6) is 6.89. The van der Waals surface area contributed by atoms with Gasteiger partial charge in [0.05, 0.1) is 7.11 Å². The molecule has 3 heteroatoms. The van der Waals surface area contributed by atoms with Gasteiger partial charge in [-0.1, -0.05) is 78.6 Å². The van der Waals surface area contributed by atoms with Crippen molar-refractivity contribution in [3.8, 4) is 17.6 Å². The Bertz CT molecular complexity index is 1280. The second kappa shape index (κ2) is 8.77. The summed E-state index contributed by atoms with van der Waals surface area (Å²) in [6.45, 7) is 1.85. The van der Waals surface area contributed by atoms with Crippen LogP contribution in [0.5, 0.6) is 5.75 Å². The van der Waals surface area contributed by atoms with Crippen LogP contribution in [0.3, 0.4) is 0 Å². The fourth-order valence-electron chi connectivity index (χ4n) is 3.49. The average Bonchev–Trinajstić information content (AvgIpc) is 2.83. The Balaban J connectivity index is 1.78. The van der Waals surface area contributed by atoms with Crippen molar-refractivity contribution in [2.75, 3.05) is 12.4 Å². The molecule has 4 rings (SSSR count). The first-order valence-electron chi connectivity index (χ1n) is 10.1. The first-order chi connectivity index (χ1) is 15.1. The maximum absolute atomic E-state index is 13.6. The van der Waals surface area contributed by atoms with E-state index in [1.807, 2.05) is 104 Å². The number of amides is 1. The van der Waals surface area contributed by atoms with Crippen molar-refractivity contribution >= 4 is 22.4 Å². The molecule has 0 fully saturated rings. The zero-order valence-corrected chi connectivity index (χ0v) is 17.6. The molecule has 4 aromatic rings. The highest BCUT2D eigenvalue weighted by Gasteiger charge is 2.34. The molecule has 3 nitrogen and oxygen atoms in total. The molecule has 0 radical (unpaired) electrons. The van der Waals surface area contributed by atoms with E-state index in [-0.39, 0.29) is 5.91 Å². The quantitative estimate of drug-likeness (QED) is 0.436. The number of benzene rings is 4. The molecular formula is C28H23NO2. The third-order valence-corrected chi connectivity index (χ3v) is 5.37. The number of methoxy groups -OCH3 is 1. The smallest absolute Gasteiger partial charge is 0.246 e. The Morgan fingerprint density at radius 2 is 1.58 bits per heavy atom. The lowest BCUT2D eigenvalue weighted by Crippen LogP contribution is -2.36. The van der Waals surface area contributed by atoms with Crippen molar-refractivity contribution in [2.45, 2.75) is 12.3 Å². The monoisotopic (exact) mass is 405 g/mol. The number of hydrogen-bond donors (Lipinski definition) is 1. The van der Waals surface area contributed by atoms with Gasteiger partial charge in [-0.05, 0) is 48.2 Å². The zero-order chi connectivity index (χ0) is 21.7. The van der Waals surface area contributed by atoms with Crippen molar-refractivity contribution in [3.63, 3.8) is 0 Å². The van der Waals surface area contributed by atoms with Crippen LogP contribution < -0.4 is 10.1 Å². The fraction of sp³-hybridized carbons (Fsp3) is 0.107. The lowest BCUT2D eigenvalue weighted by molar-refractivity contribution is -0.119. The average molecular weight is 405 g/mol. The van der Waals surface area contributed by atoms with E-state index in [1.165, 1.54) is 0 Å². The number of anilines is 1. The van der Waals surface area contributed by atoms with Crippen LogP contribution in [0.2, 0.25) is 0 Å². The number of fused-ring (bicyclic) bond motifs is 1. The van der Waals surface area contributed by atoms with Crippen LogP contribution >= 0.6 is 0 Å². The second-order valence-corrected chi connectivity index (χ2v) is 7.45. The number of carbonyl (C=O) groups is 1. The Morgan fingerprint density at radius 3 is 2.39 bits per heavy atom. The zero-order valence-electron chi connectivity index (χ0n) is 17.6. The molecule has 4 aromatic carbocycles. The van der Waals surface area contributed by atoms with Crippen molar-refractivity contribution < 1.29 is 9.53 Å². The highest BCUT2D eigenvalue weighted by molar-refractivity contribution is 6.07. The minimum absolute atomic E-state index is 0.194. The molecule has 31 heavy (non-hydrogen) atoms. The summed E-state index contributed by atoms with van der Waals surface area (Å²) in [4.78, 5) is 13.6. The van der Waals surface area contributed by atoms with E-state index < -0.39 is 5.41 Å². The number of nitrogens with one attached hydrogen (secondary N) is 1. The van der Waals surface area contributed by atoms with Crippen LogP contribution in [-0.4, -0.2) is 13.0 Å². The summed E-state index contributed by atoms with van der Waals surface area (Å²) in [5.41, 5.74) is 1.31. The molecule has 0 spiro atoms. The Morgan fingerprint density at radius 1 is 0.871 bits per heavy atom. The molecule has 0 unspecified atom stereocenters. The van der Waals surface area contributed by atoms with E-state index >= 15 is 0 Å². The minimum atomic E-state index is -1.08. The van der Waals surface area contributed by atoms with E-state index in [0.29, 0.717) is 5.75 Å². The van der Waals surface area contributed by atoms with Crippen molar-refractivity contribution in [1.29, 1.82) is 0 Å². The molecule has 0 aromatic heterocycles. The molecule has 0 saturated heterocycles. The van der Waals surface area contributed by atoms with E-state index in [4.69, 9.17) is 4.74 Å². The predicted octanol–water partition coefficient (Wildman–Crippen LogP) is 5.80. The molecule has 1 amide bonds. The Labute approximate surface area is 182 Å². The van der Waals surface area contributed by atoms with Gasteiger partial charge >= 0.3 is 0 Å². The van der Waals surface area contributed by atoms with Crippen LogP contribution in [0, 0.1) is 11.8 Å². The molecule has 0 saturated carbocycles. The molecule has 1 atom stereocenters. The van der Waals surface area contributed by atoms with Crippen molar-refractivity contribution in [3.05, 3.63) is 108 Å². The van der Waals surface area contributed by atoms with E-state index in [9.17, 15) is 4.79 Å². The van der Waals surface area contributed by atoms with Crippen LogP contribution in [0.4, 0.5) is 5.69 Å². The third-order valence-electron chi connectivity index (χ3n) is 5.37. The van der Waals surface area contributed by atoms with E-state index in [1.54, 1.807) is 7.11 Å². The summed E-state index contributed by atoms with van der Waals surface area (Å²) in [5, 5.41) is 5.17. The molecule has 0 bridgehead atoms. The molecule has 0 aliphatic rings. The van der Waals surface area contributed by atoms with Gasteiger partial charge in [0.25, 0.3) is 0 Å². The maximum atomic E-state index is 13.6. The number of hydrogen-bond acceptors (Lipinski definition) is 2. The van der Waals surface area contributed by atoms with Gasteiger partial charge in [-0.2, -0.15) is 0 Å². The summed E-state index contributed by atoms with van der Waals surface area (Å²) in [6.07, 6.45) is 0. The largest absolute Gasteiger partial charge is 0.497 e. The van der Waals surface area contributed by atoms with E-state index in [2.05, 4.69) is 17.2 Å². The van der Waals surface area contributed by atoms with Gasteiger partial charge in [0.15, 0.2) is 0 Å². The molecule has 152 valence electrons. The van der Waals surface area contributed by atoms with Gasteiger partial charge in [-0.15, -0.1) is 0 Å². The van der Waals surface area contributed by atoms with Crippen LogP contribution in [0.15, 0.2) is 97.1 Å². The maximum Gasteiger partial charge on any atom is 0.246 e. The summed E-state index contributed by atoms with van der Waals surface area (Å²) in [7, 11) is 1.61. The minimum Gasteiger partial charge on any atom is -0.497 e. The van der Waals surface area contributed by atoms with Crippen LogP contribution in [0.25, 0.3) is 10.8 Å². The summed E-state index contributed by atoms with van der Waals surface area (Å²) in [6, 6.07) is 31.1. The number of carbonyl (C=O) groups excluding carboxylic acids is 1. The third kappa shape index (κ3) is 4.29. The standard InChI is InChI=1S/C28H23NO2/c1-28(19-18-21-10-4-3-5-11-21,23-14-9-15-24(20-23)31-2)27(30)29-26-17-8-13-22-12-6-7-16-25(22)26/h3-17,20H,1-2H3,(H,29,30)/t28-/m1/s1. The lowest BCUT2D eigenvalue weighted by atomic mass is 9.81. The molecule has 0 aliphatic heterocycles. The topological polar surface area (TPSA) is 38.3 Å². The van der Waals surface area contributed by atoms with Crippen LogP contribution in [0.1, 0.15) is 18.1 Å². The number of rotatable bonds is 4. The molecular weight excluding hydrogens is 382 g/mol. The Hall–Kier alpha value is -4.03. The first kappa shape index (κ1) is 20.3. The van der Waals surface area contributed by atoms with Gasteiger partial charge < -0.3 is 10.1 Å². The van der Waals surface area contributed by atoms with Gasteiger partial charge in [-0.3, -0.25) is 4.79 Å². The lowest BCUT2D eigenvalue weighted by Gasteiger charge is -2.24. The van der Waals surface area contributed by atoms with Gasteiger partial charge in [0.1, 0.15) is 11.2 Å². The highest BCUT2D eigenvalue weighted by atomic mass is 16.5.